The quantitative estimate of drug-likeness (QED) is 0.511. The molecule has 0 saturated heterocycles. The lowest BCUT2D eigenvalue weighted by Crippen LogP contribution is -2.29. The number of carbonyl (C=O) groups is 1. The van der Waals surface area contributed by atoms with Gasteiger partial charge in [0.1, 0.15) is 9.84 Å². The number of nitrogen functional groups attached to an aromatic ring is 1. The number of anilines is 1. The Bertz CT molecular complexity index is 547. The number of amides is 1. The van der Waals surface area contributed by atoms with Gasteiger partial charge in [-0.1, -0.05) is 11.6 Å². The second kappa shape index (κ2) is 5.98. The molecule has 1 amide bonds. The molecule has 1 aromatic heterocycles. The number of nitrogens with two attached hydrogens (primary N) is 1. The fourth-order valence-corrected chi connectivity index (χ4v) is 1.81. The van der Waals surface area contributed by atoms with Gasteiger partial charge in [-0.25, -0.2) is 19.2 Å². The molecule has 0 radical (unpaired) electrons. The van der Waals surface area contributed by atoms with Crippen molar-refractivity contribution in [2.75, 3.05) is 24.0 Å². The highest BCUT2D eigenvalue weighted by molar-refractivity contribution is 7.90. The van der Waals surface area contributed by atoms with Crippen molar-refractivity contribution in [3.63, 3.8) is 0 Å². The van der Waals surface area contributed by atoms with Crippen molar-refractivity contribution >= 4 is 33.2 Å². The number of hydrazine groups is 1. The first-order valence-electron chi connectivity index (χ1n) is 4.91. The Labute approximate surface area is 110 Å². The zero-order chi connectivity index (χ0) is 13.8. The molecule has 0 bridgehead atoms. The summed E-state index contributed by atoms with van der Waals surface area (Å²) < 4.78 is 21.8. The number of carbonyl (C=O) groups excluding carboxylic acids is 1. The summed E-state index contributed by atoms with van der Waals surface area (Å²) in [5.41, 5.74) is 2.50. The van der Waals surface area contributed by atoms with Crippen LogP contribution in [0.4, 0.5) is 5.82 Å². The van der Waals surface area contributed by atoms with Crippen molar-refractivity contribution in [2.45, 2.75) is 0 Å². The van der Waals surface area contributed by atoms with Crippen LogP contribution in [0.5, 0.6) is 0 Å². The van der Waals surface area contributed by atoms with Gasteiger partial charge in [0, 0.05) is 19.0 Å². The van der Waals surface area contributed by atoms with E-state index in [-0.39, 0.29) is 28.7 Å². The van der Waals surface area contributed by atoms with E-state index in [0.717, 1.165) is 6.26 Å². The first kappa shape index (κ1) is 14.7. The van der Waals surface area contributed by atoms with Gasteiger partial charge in [-0.15, -0.1) is 0 Å². The van der Waals surface area contributed by atoms with Gasteiger partial charge >= 0.3 is 0 Å². The van der Waals surface area contributed by atoms with E-state index in [2.05, 4.69) is 15.7 Å². The number of rotatable bonds is 5. The second-order valence-corrected chi connectivity index (χ2v) is 6.25. The lowest BCUT2D eigenvalue weighted by Gasteiger charge is -2.06. The molecule has 0 unspecified atom stereocenters. The van der Waals surface area contributed by atoms with E-state index in [1.165, 1.54) is 12.3 Å². The van der Waals surface area contributed by atoms with Crippen LogP contribution in [0.2, 0.25) is 5.02 Å². The zero-order valence-corrected chi connectivity index (χ0v) is 11.2. The summed E-state index contributed by atoms with van der Waals surface area (Å²) in [6.45, 7) is 0.0339. The first-order chi connectivity index (χ1) is 8.33. The Morgan fingerprint density at radius 3 is 2.72 bits per heavy atom. The number of nitrogens with one attached hydrogen (secondary N) is 2. The molecular formula is C9H13ClN4O3S. The van der Waals surface area contributed by atoms with Gasteiger partial charge in [-0.3, -0.25) is 4.79 Å². The van der Waals surface area contributed by atoms with E-state index < -0.39 is 15.7 Å². The molecular weight excluding hydrogens is 280 g/mol. The Kier molecular flexibility index (Phi) is 4.88. The van der Waals surface area contributed by atoms with Gasteiger partial charge in [0.25, 0.3) is 5.91 Å². The molecule has 0 saturated carbocycles. The van der Waals surface area contributed by atoms with E-state index in [0.29, 0.717) is 0 Å². The van der Waals surface area contributed by atoms with Crippen LogP contribution < -0.4 is 16.6 Å². The van der Waals surface area contributed by atoms with Crippen molar-refractivity contribution in [1.82, 2.24) is 10.3 Å². The normalized spacial score (nSPS) is 11.1. The topological polar surface area (TPSA) is 114 Å². The predicted octanol–water partition coefficient (Wildman–Crippen LogP) is -0.205. The third kappa shape index (κ3) is 4.47. The molecule has 0 aliphatic carbocycles. The molecule has 9 heteroatoms. The smallest absolute Gasteiger partial charge is 0.252 e. The first-order valence-corrected chi connectivity index (χ1v) is 7.35. The summed E-state index contributed by atoms with van der Waals surface area (Å²) in [6, 6.07) is 1.39. The van der Waals surface area contributed by atoms with E-state index >= 15 is 0 Å². The molecule has 4 N–H and O–H groups in total. The number of halogens is 1. The summed E-state index contributed by atoms with van der Waals surface area (Å²) in [5.74, 6) is 4.82. The lowest BCUT2D eigenvalue weighted by molar-refractivity contribution is 0.0956. The molecule has 0 aliphatic heterocycles. The van der Waals surface area contributed by atoms with Crippen LogP contribution in [0.15, 0.2) is 12.3 Å². The number of pyridine rings is 1. The van der Waals surface area contributed by atoms with Gasteiger partial charge in [0.15, 0.2) is 5.82 Å². The molecule has 0 aliphatic rings. The number of aromatic nitrogens is 1. The summed E-state index contributed by atoms with van der Waals surface area (Å²) in [4.78, 5) is 15.5. The van der Waals surface area contributed by atoms with Crippen LogP contribution in [0.25, 0.3) is 0 Å². The summed E-state index contributed by atoms with van der Waals surface area (Å²) in [5, 5.41) is 2.65. The summed E-state index contributed by atoms with van der Waals surface area (Å²) in [6.07, 6.45) is 2.39. The van der Waals surface area contributed by atoms with E-state index in [1.54, 1.807) is 0 Å². The van der Waals surface area contributed by atoms with Crippen LogP contribution in [-0.4, -0.2) is 37.9 Å². The van der Waals surface area contributed by atoms with E-state index in [1.807, 2.05) is 0 Å². The zero-order valence-electron chi connectivity index (χ0n) is 9.60. The molecule has 7 nitrogen and oxygen atoms in total. The third-order valence-corrected chi connectivity index (χ3v) is 3.23. The number of nitrogens with zero attached hydrogens (tertiary/aromatic N) is 1. The predicted molar refractivity (Wildman–Crippen MR) is 69.1 cm³/mol. The molecule has 1 aromatic rings. The lowest BCUT2D eigenvalue weighted by atomic mass is 10.2. The number of sulfone groups is 1. The molecule has 1 rings (SSSR count). The van der Waals surface area contributed by atoms with E-state index in [4.69, 9.17) is 17.4 Å². The highest BCUT2D eigenvalue weighted by Gasteiger charge is 2.10. The van der Waals surface area contributed by atoms with Crippen LogP contribution in [0, 0.1) is 0 Å². The highest BCUT2D eigenvalue weighted by Crippen LogP contribution is 2.18. The number of hydrogen-bond acceptors (Lipinski definition) is 6. The summed E-state index contributed by atoms with van der Waals surface area (Å²) in [7, 11) is -3.10. The SMILES string of the molecule is CS(=O)(=O)CCNC(=O)c1cnc(NN)c(Cl)c1. The minimum atomic E-state index is -3.10. The van der Waals surface area contributed by atoms with Crippen LogP contribution in [-0.2, 0) is 9.84 Å². The van der Waals surface area contributed by atoms with Crippen molar-refractivity contribution < 1.29 is 13.2 Å². The largest absolute Gasteiger partial charge is 0.351 e. The third-order valence-electron chi connectivity index (χ3n) is 2.00. The molecule has 0 spiro atoms. The van der Waals surface area contributed by atoms with Crippen molar-refractivity contribution in [3.8, 4) is 0 Å². The Morgan fingerprint density at radius 2 is 2.22 bits per heavy atom. The van der Waals surface area contributed by atoms with Crippen LogP contribution in [0.1, 0.15) is 10.4 Å². The Hall–Kier alpha value is -1.38. The van der Waals surface area contributed by atoms with Gasteiger partial charge in [0.05, 0.1) is 16.3 Å². The van der Waals surface area contributed by atoms with Crippen molar-refractivity contribution in [3.05, 3.63) is 22.8 Å². The Morgan fingerprint density at radius 1 is 1.56 bits per heavy atom. The fourth-order valence-electron chi connectivity index (χ4n) is 1.12. The number of hydrogen-bond donors (Lipinski definition) is 3. The van der Waals surface area contributed by atoms with Crippen molar-refractivity contribution in [2.24, 2.45) is 5.84 Å². The van der Waals surface area contributed by atoms with Gasteiger partial charge in [0.2, 0.25) is 0 Å². The standard InChI is InChI=1S/C9H13ClN4O3S/c1-18(16,17)3-2-12-9(15)6-4-7(10)8(14-11)13-5-6/h4-5H,2-3,11H2,1H3,(H,12,15)(H,13,14). The molecule has 0 aromatic carbocycles. The molecule has 18 heavy (non-hydrogen) atoms. The summed E-state index contributed by atoms with van der Waals surface area (Å²) >= 11 is 5.80. The van der Waals surface area contributed by atoms with Gasteiger partial charge in [-0.05, 0) is 6.07 Å². The average molecular weight is 293 g/mol. The average Bonchev–Trinajstić information content (AvgIpc) is 2.27. The second-order valence-electron chi connectivity index (χ2n) is 3.58. The maximum Gasteiger partial charge on any atom is 0.252 e. The van der Waals surface area contributed by atoms with Crippen LogP contribution in [0.3, 0.4) is 0 Å². The molecule has 0 atom stereocenters. The fraction of sp³-hybridized carbons (Fsp3) is 0.333. The molecule has 1 heterocycles. The highest BCUT2D eigenvalue weighted by atomic mass is 35.5. The maximum absolute atomic E-state index is 11.6. The molecule has 0 fully saturated rings. The minimum absolute atomic E-state index is 0.0339. The monoisotopic (exact) mass is 292 g/mol. The molecule has 100 valence electrons. The Balaban J connectivity index is 2.65. The minimum Gasteiger partial charge on any atom is -0.351 e. The van der Waals surface area contributed by atoms with Gasteiger partial charge in [-0.2, -0.15) is 0 Å². The maximum atomic E-state index is 11.6. The van der Waals surface area contributed by atoms with Crippen molar-refractivity contribution in [1.29, 1.82) is 0 Å². The van der Waals surface area contributed by atoms with Gasteiger partial charge < -0.3 is 10.7 Å². The van der Waals surface area contributed by atoms with E-state index in [9.17, 15) is 13.2 Å². The van der Waals surface area contributed by atoms with Crippen LogP contribution >= 0.6 is 11.6 Å².